The number of carbonyl (C=O) groups excluding carboxylic acids is 2. The summed E-state index contributed by atoms with van der Waals surface area (Å²) < 4.78 is 0. The standard InChI is InChI=1S/C16H12N2O2/c19-11-15(20)16-14-9-5-4-6-12(14)10-18(17-16)13-7-2-1-3-8-13/h1-11,17H. The second kappa shape index (κ2) is 5.01. The minimum Gasteiger partial charge on any atom is -0.294 e. The third-order valence-electron chi connectivity index (χ3n) is 3.12. The van der Waals surface area contributed by atoms with Crippen LogP contribution in [0.3, 0.4) is 0 Å². The molecule has 0 saturated carbocycles. The van der Waals surface area contributed by atoms with Gasteiger partial charge in [0, 0.05) is 16.6 Å². The van der Waals surface area contributed by atoms with Crippen LogP contribution in [0.15, 0.2) is 54.6 Å². The van der Waals surface area contributed by atoms with Gasteiger partial charge in [0.15, 0.2) is 6.29 Å². The zero-order chi connectivity index (χ0) is 13.9. The lowest BCUT2D eigenvalue weighted by molar-refractivity contribution is -0.126. The Balaban J connectivity index is 2.18. The minimum atomic E-state index is -0.563. The van der Waals surface area contributed by atoms with Crippen molar-refractivity contribution in [3.8, 4) is 0 Å². The average molecular weight is 264 g/mol. The molecule has 1 heterocycles. The van der Waals surface area contributed by atoms with Crippen molar-refractivity contribution in [3.63, 3.8) is 0 Å². The van der Waals surface area contributed by atoms with Crippen molar-refractivity contribution in [2.75, 3.05) is 5.01 Å². The summed E-state index contributed by atoms with van der Waals surface area (Å²) in [5.41, 5.74) is 4.17. The summed E-state index contributed by atoms with van der Waals surface area (Å²) in [5, 5.41) is 3.36. The summed E-state index contributed by atoms with van der Waals surface area (Å²) in [6.45, 7) is 0. The number of fused-ring (bicyclic) bond motifs is 1. The SMILES string of the molecule is O=CC(=O)C1=c2ccccc2=CN(c2ccccc2)N1. The van der Waals surface area contributed by atoms with E-state index in [2.05, 4.69) is 5.43 Å². The fraction of sp³-hybridized carbons (Fsp3) is 0. The molecule has 2 aromatic rings. The molecule has 1 aliphatic rings. The maximum Gasteiger partial charge on any atom is 0.243 e. The number of anilines is 1. The van der Waals surface area contributed by atoms with E-state index in [1.807, 2.05) is 60.8 Å². The predicted octanol–water partition coefficient (Wildman–Crippen LogP) is 0.326. The van der Waals surface area contributed by atoms with E-state index >= 15 is 0 Å². The van der Waals surface area contributed by atoms with Crippen LogP contribution in [0.4, 0.5) is 5.69 Å². The smallest absolute Gasteiger partial charge is 0.243 e. The van der Waals surface area contributed by atoms with Crippen LogP contribution < -0.4 is 20.9 Å². The van der Waals surface area contributed by atoms with Gasteiger partial charge < -0.3 is 0 Å². The van der Waals surface area contributed by atoms with Gasteiger partial charge in [-0.25, -0.2) is 0 Å². The first-order valence-corrected chi connectivity index (χ1v) is 6.21. The zero-order valence-corrected chi connectivity index (χ0v) is 10.6. The number of Topliss-reactive ketones (excluding diaryl/α,β-unsaturated/α-hetero) is 1. The third kappa shape index (κ3) is 2.07. The highest BCUT2D eigenvalue weighted by molar-refractivity contribution is 6.43. The predicted molar refractivity (Wildman–Crippen MR) is 76.7 cm³/mol. The van der Waals surface area contributed by atoms with E-state index in [-0.39, 0.29) is 0 Å². The van der Waals surface area contributed by atoms with E-state index < -0.39 is 5.78 Å². The number of hydrazine groups is 1. The van der Waals surface area contributed by atoms with Crippen molar-refractivity contribution in [1.29, 1.82) is 0 Å². The fourth-order valence-corrected chi connectivity index (χ4v) is 2.16. The monoisotopic (exact) mass is 264 g/mol. The van der Waals surface area contributed by atoms with E-state index in [0.717, 1.165) is 16.1 Å². The summed E-state index contributed by atoms with van der Waals surface area (Å²) in [6, 6.07) is 17.0. The number of hydrogen-bond donors (Lipinski definition) is 1. The number of ketones is 1. The van der Waals surface area contributed by atoms with Crippen molar-refractivity contribution in [1.82, 2.24) is 5.43 Å². The Bertz CT molecular complexity index is 782. The number of hydrogen-bond acceptors (Lipinski definition) is 4. The van der Waals surface area contributed by atoms with Crippen LogP contribution in [0.5, 0.6) is 0 Å². The second-order valence-corrected chi connectivity index (χ2v) is 4.39. The number of nitrogens with one attached hydrogen (secondary N) is 1. The molecule has 98 valence electrons. The highest BCUT2D eigenvalue weighted by atomic mass is 16.2. The molecule has 4 nitrogen and oxygen atoms in total. The molecule has 1 aliphatic heterocycles. The summed E-state index contributed by atoms with van der Waals surface area (Å²) in [5.74, 6) is -0.563. The summed E-state index contributed by atoms with van der Waals surface area (Å²) in [7, 11) is 0. The van der Waals surface area contributed by atoms with Gasteiger partial charge in [0.05, 0.1) is 5.69 Å². The first kappa shape index (κ1) is 12.2. The zero-order valence-electron chi connectivity index (χ0n) is 10.6. The quantitative estimate of drug-likeness (QED) is 0.641. The van der Waals surface area contributed by atoms with Gasteiger partial charge in [-0.2, -0.15) is 0 Å². The Kier molecular flexibility index (Phi) is 3.05. The molecule has 0 aromatic heterocycles. The van der Waals surface area contributed by atoms with Gasteiger partial charge in [0.25, 0.3) is 0 Å². The van der Waals surface area contributed by atoms with Gasteiger partial charge in [-0.15, -0.1) is 0 Å². The molecule has 0 fully saturated rings. The van der Waals surface area contributed by atoms with Crippen LogP contribution in [0, 0.1) is 0 Å². The van der Waals surface area contributed by atoms with Crippen LogP contribution in [-0.4, -0.2) is 12.1 Å². The average Bonchev–Trinajstić information content (AvgIpc) is 2.54. The second-order valence-electron chi connectivity index (χ2n) is 4.39. The molecular formula is C16H12N2O2. The lowest BCUT2D eigenvalue weighted by Crippen LogP contribution is -2.48. The number of benzene rings is 2. The van der Waals surface area contributed by atoms with Gasteiger partial charge in [0.1, 0.15) is 5.70 Å². The molecule has 0 bridgehead atoms. The molecule has 0 spiro atoms. The van der Waals surface area contributed by atoms with Crippen molar-refractivity contribution in [2.24, 2.45) is 0 Å². The Morgan fingerprint density at radius 3 is 2.45 bits per heavy atom. The van der Waals surface area contributed by atoms with Crippen LogP contribution >= 0.6 is 0 Å². The van der Waals surface area contributed by atoms with Crippen molar-refractivity contribution >= 4 is 29.7 Å². The van der Waals surface area contributed by atoms with E-state index in [0.29, 0.717) is 12.0 Å². The van der Waals surface area contributed by atoms with E-state index in [9.17, 15) is 9.59 Å². The van der Waals surface area contributed by atoms with E-state index in [1.165, 1.54) is 0 Å². The lowest BCUT2D eigenvalue weighted by Gasteiger charge is -2.26. The Morgan fingerprint density at radius 2 is 1.70 bits per heavy atom. The maximum atomic E-state index is 11.8. The largest absolute Gasteiger partial charge is 0.294 e. The van der Waals surface area contributed by atoms with Crippen LogP contribution in [0.25, 0.3) is 11.9 Å². The summed E-state index contributed by atoms with van der Waals surface area (Å²) >= 11 is 0. The molecule has 0 atom stereocenters. The molecule has 0 aliphatic carbocycles. The Morgan fingerprint density at radius 1 is 1.00 bits per heavy atom. The number of rotatable bonds is 3. The van der Waals surface area contributed by atoms with Gasteiger partial charge in [-0.1, -0.05) is 42.5 Å². The topological polar surface area (TPSA) is 49.4 Å². The first-order valence-electron chi connectivity index (χ1n) is 6.21. The molecule has 0 unspecified atom stereocenters. The van der Waals surface area contributed by atoms with Gasteiger partial charge >= 0.3 is 0 Å². The van der Waals surface area contributed by atoms with Crippen LogP contribution in [0.2, 0.25) is 0 Å². The van der Waals surface area contributed by atoms with Gasteiger partial charge in [0.2, 0.25) is 5.78 Å². The number of aldehydes is 1. The van der Waals surface area contributed by atoms with E-state index in [4.69, 9.17) is 0 Å². The number of nitrogens with zero attached hydrogens (tertiary/aromatic N) is 1. The maximum absolute atomic E-state index is 11.8. The summed E-state index contributed by atoms with van der Waals surface area (Å²) in [6.07, 6.45) is 2.22. The Labute approximate surface area is 115 Å². The highest BCUT2D eigenvalue weighted by Crippen LogP contribution is 2.13. The summed E-state index contributed by atoms with van der Waals surface area (Å²) in [4.78, 5) is 22.6. The molecule has 2 aromatic carbocycles. The third-order valence-corrected chi connectivity index (χ3v) is 3.12. The molecule has 20 heavy (non-hydrogen) atoms. The lowest BCUT2D eigenvalue weighted by atomic mass is 10.1. The first-order chi connectivity index (χ1) is 9.79. The fourth-order valence-electron chi connectivity index (χ4n) is 2.16. The minimum absolute atomic E-state index is 0.293. The normalized spacial score (nSPS) is 13.0. The molecule has 0 saturated heterocycles. The highest BCUT2D eigenvalue weighted by Gasteiger charge is 2.16. The van der Waals surface area contributed by atoms with Crippen molar-refractivity contribution < 1.29 is 9.59 Å². The van der Waals surface area contributed by atoms with Crippen LogP contribution in [-0.2, 0) is 9.59 Å². The number of para-hydroxylation sites is 1. The molecule has 0 amide bonds. The van der Waals surface area contributed by atoms with E-state index in [1.54, 1.807) is 5.01 Å². The molecule has 0 radical (unpaired) electrons. The van der Waals surface area contributed by atoms with Gasteiger partial charge in [-0.05, 0) is 12.1 Å². The van der Waals surface area contributed by atoms with Crippen molar-refractivity contribution in [2.45, 2.75) is 0 Å². The molecular weight excluding hydrogens is 252 g/mol. The Hall–Kier alpha value is -2.88. The van der Waals surface area contributed by atoms with Crippen molar-refractivity contribution in [3.05, 3.63) is 65.0 Å². The van der Waals surface area contributed by atoms with Crippen LogP contribution in [0.1, 0.15) is 0 Å². The molecule has 4 heteroatoms. The molecule has 1 N–H and O–H groups in total. The number of carbonyl (C=O) groups is 2. The van der Waals surface area contributed by atoms with Gasteiger partial charge in [-0.3, -0.25) is 20.0 Å². The molecule has 3 rings (SSSR count).